The minimum Gasteiger partial charge on any atom is -0.494 e. The molecular formula is C114H119Cl7N14O13. The molecular weight excluding hydrogens is 2020 g/mol. The topological polar surface area (TPSA) is 295 Å². The highest BCUT2D eigenvalue weighted by Crippen LogP contribution is 2.49. The number of hydrogen-bond donors (Lipinski definition) is 4. The molecule has 1 fully saturated rings. The van der Waals surface area contributed by atoms with Crippen LogP contribution in [0, 0.1) is 83.1 Å². The SMILES string of the molecule is Cc1cc(OCCCc2c3n(c4c(-c5c(C)nn(C)c5C)c(Cl)ccc24)CCCN(c2cc(C(=O)O)cc(N4CCN(C)CC4)c2)C3=O)cc(C)c1Cl.Cc1cc(OCCCc2c3n(c4c(-c5c(C)nn(C)c5C)c(Cl)ccc24)CCCN(c2cc(CO)cc(C(=O)O)c2)C3=O)cc(C)c1Cl.Cc1cc(OCCCc2c3n(c4c(-c5c(C)nn(C)c5C)c(Cl)ccc24)CCCN(c2cc(Cl)cc(C(=O)O)c2)C3=O)cc(C)c1Cl. The van der Waals surface area contributed by atoms with Crippen molar-refractivity contribution in [3.05, 3.63) is 286 Å². The molecule has 4 aliphatic rings. The van der Waals surface area contributed by atoms with Crippen molar-refractivity contribution in [2.24, 2.45) is 21.1 Å². The van der Waals surface area contributed by atoms with E-state index >= 15 is 4.79 Å². The van der Waals surface area contributed by atoms with Gasteiger partial charge >= 0.3 is 17.9 Å². The Morgan fingerprint density at radius 2 is 0.642 bits per heavy atom. The van der Waals surface area contributed by atoms with E-state index in [0.717, 1.165) is 215 Å². The number of aryl methyl sites for hydroxylation is 18. The maximum absolute atomic E-state index is 15.1. The van der Waals surface area contributed by atoms with E-state index in [1.165, 1.54) is 24.3 Å². The fraction of sp³-hybridized carbons (Fsp3) is 0.342. The Morgan fingerprint density at radius 1 is 0.345 bits per heavy atom. The van der Waals surface area contributed by atoms with Gasteiger partial charge in [0.15, 0.2) is 0 Å². The van der Waals surface area contributed by atoms with E-state index in [2.05, 4.69) is 40.7 Å². The molecule has 9 aromatic carbocycles. The van der Waals surface area contributed by atoms with Crippen LogP contribution in [-0.2, 0) is 66.6 Å². The maximum atomic E-state index is 15.1. The van der Waals surface area contributed by atoms with Gasteiger partial charge in [0.1, 0.15) is 34.3 Å². The van der Waals surface area contributed by atoms with Gasteiger partial charge in [0.25, 0.3) is 17.7 Å². The molecule has 3 amide bonds. The molecule has 0 aliphatic carbocycles. The highest BCUT2D eigenvalue weighted by atomic mass is 35.5. The number of likely N-dealkylation sites (N-methyl/N-ethyl adjacent to an activating group) is 1. The van der Waals surface area contributed by atoms with Crippen LogP contribution in [0.3, 0.4) is 0 Å². The number of piperazine rings is 1. The Labute approximate surface area is 894 Å². The third-order valence-corrected chi connectivity index (χ3v) is 31.9. The fourth-order valence-corrected chi connectivity index (χ4v) is 23.0. The lowest BCUT2D eigenvalue weighted by atomic mass is 9.98. The first-order valence-corrected chi connectivity index (χ1v) is 52.3. The smallest absolute Gasteiger partial charge is 0.335 e. The van der Waals surface area contributed by atoms with E-state index in [1.807, 2.05) is 197 Å². The predicted molar refractivity (Wildman–Crippen MR) is 590 cm³/mol. The van der Waals surface area contributed by atoms with Crippen molar-refractivity contribution in [1.29, 1.82) is 0 Å². The maximum Gasteiger partial charge on any atom is 0.335 e. The molecule has 4 N–H and O–H groups in total. The fourth-order valence-electron chi connectivity index (χ4n) is 21.7. The largest absolute Gasteiger partial charge is 0.494 e. The average Bonchev–Trinajstić information content (AvgIpc) is 1.57. The molecule has 19 rings (SSSR count). The molecule has 0 atom stereocenters. The normalized spacial score (nSPS) is 14.0. The quantitative estimate of drug-likeness (QED) is 0.0366. The molecule has 4 aliphatic heterocycles. The number of aliphatic hydroxyl groups excluding tert-OH is 1. The van der Waals surface area contributed by atoms with E-state index in [0.29, 0.717) is 172 Å². The molecule has 1 saturated heterocycles. The number of carbonyl (C=O) groups is 6. The van der Waals surface area contributed by atoms with Crippen LogP contribution in [0.1, 0.15) is 191 Å². The Kier molecular flexibility index (Phi) is 31.8. The monoisotopic (exact) mass is 2140 g/mol. The van der Waals surface area contributed by atoms with Crippen LogP contribution in [0.25, 0.3) is 66.1 Å². The number of carbonyl (C=O) groups excluding carboxylic acids is 3. The lowest BCUT2D eigenvalue weighted by Gasteiger charge is -2.35. The lowest BCUT2D eigenvalue weighted by Crippen LogP contribution is -2.44. The molecule has 0 radical (unpaired) electrons. The summed E-state index contributed by atoms with van der Waals surface area (Å²) in [4.78, 5) is 90.3. The summed E-state index contributed by atoms with van der Waals surface area (Å²) >= 11 is 46.6. The number of hydrogen-bond acceptors (Lipinski definition) is 15. The number of aromatic carboxylic acids is 3. The molecule has 772 valence electrons. The van der Waals surface area contributed by atoms with Crippen molar-refractivity contribution in [3.8, 4) is 50.6 Å². The standard InChI is InChI=1S/C41H46Cl2N6O4.C37H38Cl2N4O5.C36H35Cl3N4O4/c1-24-19-31(20-25(2)37(24)43)53-18-7-9-32-33-10-11-34(42)36(35-26(3)44-46(6)27(35)4)38(33)49-13-8-12-48(40(50)39(32)49)30-22-28(41(51)52)21-29(23-30)47-16-14-45(5)15-17-47;1-20-14-27(15-21(2)33(20)39)48-13-6-8-28-29-9-10-30(38)32(31-22(3)40-41(5)23(31)4)34(29)43-12-7-11-42(36(45)35(28)43)26-17-24(19-44)16-25(18-26)37(46)47;1-19-14-26(15-20(2)32(19)39)47-13-6-8-27-28-9-10-29(38)31(30-21(3)40-41(5)22(30)4)33(28)43-12-7-11-42(35(44)34(27)43)25-17-23(36(45)46)16-24(37)18-25/h10-11,19-23H,7-9,12-18H2,1-6H3,(H,51,52);9-10,14-18,44H,6-8,11-13,19H2,1-5H3,(H,46,47);9-10,14-18H,6-8,11-13H2,1-5H3,(H,45,46). The molecule has 0 bridgehead atoms. The number of benzene rings is 9. The van der Waals surface area contributed by atoms with Crippen LogP contribution in [0.15, 0.2) is 127 Å². The Bertz CT molecular complexity index is 7800. The summed E-state index contributed by atoms with van der Waals surface area (Å²) in [5.74, 6) is -1.63. The van der Waals surface area contributed by atoms with Gasteiger partial charge in [-0.25, -0.2) is 14.4 Å². The molecule has 0 spiro atoms. The summed E-state index contributed by atoms with van der Waals surface area (Å²) in [5.41, 5.74) is 26.5. The van der Waals surface area contributed by atoms with E-state index < -0.39 is 17.9 Å². The Balaban J connectivity index is 0.000000152. The number of aromatic nitrogens is 9. The van der Waals surface area contributed by atoms with Crippen molar-refractivity contribution in [1.82, 2.24) is 47.9 Å². The number of carboxylic acid groups (broad SMARTS) is 3. The van der Waals surface area contributed by atoms with E-state index in [9.17, 15) is 44.4 Å². The minimum absolute atomic E-state index is 0.00998. The van der Waals surface area contributed by atoms with Gasteiger partial charge in [-0.1, -0.05) is 99.4 Å². The van der Waals surface area contributed by atoms with Crippen LogP contribution in [0.2, 0.25) is 35.2 Å². The zero-order chi connectivity index (χ0) is 106. The number of nitrogens with zero attached hydrogens (tertiary/aromatic N) is 14. The van der Waals surface area contributed by atoms with Gasteiger partial charge in [-0.15, -0.1) is 0 Å². The summed E-state index contributed by atoms with van der Waals surface area (Å²) in [6.45, 7) is 30.9. The second-order valence-corrected chi connectivity index (χ2v) is 41.8. The molecule has 15 aromatic rings. The minimum atomic E-state index is -1.13. The van der Waals surface area contributed by atoms with Crippen molar-refractivity contribution < 1.29 is 63.4 Å². The highest BCUT2D eigenvalue weighted by molar-refractivity contribution is 6.37. The van der Waals surface area contributed by atoms with Gasteiger partial charge in [-0.3, -0.25) is 28.4 Å². The van der Waals surface area contributed by atoms with E-state index in [1.54, 1.807) is 39.0 Å². The van der Waals surface area contributed by atoms with Crippen LogP contribution in [0.5, 0.6) is 17.2 Å². The first-order chi connectivity index (χ1) is 70.6. The number of halogens is 7. The second kappa shape index (κ2) is 44.2. The first-order valence-electron chi connectivity index (χ1n) is 49.6. The van der Waals surface area contributed by atoms with Gasteiger partial charge in [-0.2, -0.15) is 15.3 Å². The number of fused-ring (bicyclic) bond motifs is 9. The van der Waals surface area contributed by atoms with Crippen molar-refractivity contribution in [2.45, 2.75) is 167 Å². The van der Waals surface area contributed by atoms with Crippen LogP contribution in [0.4, 0.5) is 22.7 Å². The Hall–Kier alpha value is -12.8. The number of carboxylic acids is 3. The summed E-state index contributed by atoms with van der Waals surface area (Å²) in [6.07, 6.45) is 5.53. The highest BCUT2D eigenvalue weighted by Gasteiger charge is 2.39. The molecule has 10 heterocycles. The molecule has 34 heteroatoms. The number of ether oxygens (including phenoxy) is 3. The van der Waals surface area contributed by atoms with Crippen LogP contribution >= 0.6 is 81.2 Å². The summed E-state index contributed by atoms with van der Waals surface area (Å²) in [5, 5.41) is 60.6. The first kappa shape index (κ1) is 107. The van der Waals surface area contributed by atoms with Gasteiger partial charge in [0, 0.05) is 196 Å². The summed E-state index contributed by atoms with van der Waals surface area (Å²) < 4.78 is 30.4. The van der Waals surface area contributed by atoms with E-state index in [-0.39, 0.29) is 46.0 Å². The molecule has 6 aromatic heterocycles. The average molecular weight is 2140 g/mol. The third-order valence-electron chi connectivity index (χ3n) is 29.0. The number of aliphatic hydroxyl groups is 1. The zero-order valence-electron chi connectivity index (χ0n) is 85.8. The third kappa shape index (κ3) is 21.0. The zero-order valence-corrected chi connectivity index (χ0v) is 91.0. The van der Waals surface area contributed by atoms with E-state index in [4.69, 9.17) is 101 Å². The molecule has 148 heavy (non-hydrogen) atoms. The lowest BCUT2D eigenvalue weighted by molar-refractivity contribution is 0.0686. The number of amides is 3. The van der Waals surface area contributed by atoms with Crippen LogP contribution in [-0.4, -0.2) is 177 Å². The number of anilines is 4. The molecule has 0 unspecified atom stereocenters. The van der Waals surface area contributed by atoms with Crippen molar-refractivity contribution in [2.75, 3.05) is 92.3 Å². The van der Waals surface area contributed by atoms with Gasteiger partial charge in [0.2, 0.25) is 0 Å². The molecule has 0 saturated carbocycles. The summed E-state index contributed by atoms with van der Waals surface area (Å²) in [7, 11) is 7.83. The second-order valence-electron chi connectivity index (χ2n) is 39.0. The van der Waals surface area contributed by atoms with Crippen LogP contribution < -0.4 is 33.8 Å². The van der Waals surface area contributed by atoms with Gasteiger partial charge in [-0.05, 0) is 313 Å². The predicted octanol–water partition coefficient (Wildman–Crippen LogP) is 24.9. The van der Waals surface area contributed by atoms with Gasteiger partial charge < -0.3 is 72.8 Å². The van der Waals surface area contributed by atoms with Crippen molar-refractivity contribution in [3.63, 3.8) is 0 Å². The molecule has 27 nitrogen and oxygen atoms in total. The summed E-state index contributed by atoms with van der Waals surface area (Å²) in [6, 6.07) is 37.8. The Morgan fingerprint density at radius 3 is 0.946 bits per heavy atom. The van der Waals surface area contributed by atoms with Gasteiger partial charge in [0.05, 0.1) is 91.8 Å². The van der Waals surface area contributed by atoms with Crippen molar-refractivity contribution >= 4 is 172 Å². The number of rotatable bonds is 26.